The van der Waals surface area contributed by atoms with Crippen LogP contribution in [0, 0.1) is 20.8 Å². The highest BCUT2D eigenvalue weighted by molar-refractivity contribution is 5.98. The smallest absolute Gasteiger partial charge is 0.327 e. The fraction of sp³-hybridized carbons (Fsp3) is 0.211. The van der Waals surface area contributed by atoms with Crippen LogP contribution in [0.25, 0.3) is 0 Å². The monoisotopic (exact) mass is 336 g/mol. The second kappa shape index (κ2) is 7.17. The first kappa shape index (κ1) is 16.7. The number of hydrogen-bond donors (Lipinski definition) is 2. The summed E-state index contributed by atoms with van der Waals surface area (Å²) >= 11 is 0. The number of rotatable bonds is 4. The molecule has 0 bridgehead atoms. The van der Waals surface area contributed by atoms with Crippen LogP contribution >= 0.6 is 0 Å². The molecule has 0 atom stereocenters. The molecule has 0 aliphatic heterocycles. The van der Waals surface area contributed by atoms with Crippen molar-refractivity contribution in [2.45, 2.75) is 27.2 Å². The molecule has 0 unspecified atom stereocenters. The first-order chi connectivity index (χ1) is 12.0. The Morgan fingerprint density at radius 1 is 1.00 bits per heavy atom. The maximum absolute atomic E-state index is 12.0. The van der Waals surface area contributed by atoms with Crippen LogP contribution in [0.5, 0.6) is 0 Å². The number of benzene rings is 2. The summed E-state index contributed by atoms with van der Waals surface area (Å²) in [5.41, 5.74) is 5.26. The molecule has 0 aliphatic carbocycles. The standard InChI is InChI=1S/C19H20N4O2/c1-12-5-4-6-16(10-12)20-18(24)21-19-23-22-17(25-19)11-15-8-7-13(2)9-14(15)3/h4-10H,11H2,1-3H3,(H2,20,21,23,24). The predicted octanol–water partition coefficient (Wildman–Crippen LogP) is 4.23. The molecule has 3 rings (SSSR count). The molecule has 0 spiro atoms. The van der Waals surface area contributed by atoms with Gasteiger partial charge in [0.1, 0.15) is 0 Å². The van der Waals surface area contributed by atoms with Crippen molar-refractivity contribution < 1.29 is 9.21 Å². The summed E-state index contributed by atoms with van der Waals surface area (Å²) < 4.78 is 5.51. The lowest BCUT2D eigenvalue weighted by Gasteiger charge is -2.05. The zero-order valence-corrected chi connectivity index (χ0v) is 14.5. The van der Waals surface area contributed by atoms with Crippen molar-refractivity contribution in [1.29, 1.82) is 0 Å². The van der Waals surface area contributed by atoms with E-state index in [0.29, 0.717) is 18.0 Å². The van der Waals surface area contributed by atoms with Crippen LogP contribution < -0.4 is 10.6 Å². The van der Waals surface area contributed by atoms with E-state index in [1.54, 1.807) is 0 Å². The second-order valence-corrected chi connectivity index (χ2v) is 6.06. The summed E-state index contributed by atoms with van der Waals surface area (Å²) in [7, 11) is 0. The van der Waals surface area contributed by atoms with Crippen LogP contribution in [0.1, 0.15) is 28.1 Å². The third kappa shape index (κ3) is 4.44. The maximum Gasteiger partial charge on any atom is 0.327 e. The van der Waals surface area contributed by atoms with Gasteiger partial charge in [-0.2, -0.15) is 0 Å². The molecule has 0 radical (unpaired) electrons. The van der Waals surface area contributed by atoms with Gasteiger partial charge in [0, 0.05) is 5.69 Å². The summed E-state index contributed by atoms with van der Waals surface area (Å²) in [6.45, 7) is 6.06. The van der Waals surface area contributed by atoms with E-state index in [2.05, 4.69) is 33.8 Å². The number of urea groups is 1. The maximum atomic E-state index is 12.0. The summed E-state index contributed by atoms with van der Waals surface area (Å²) in [6, 6.07) is 13.4. The Morgan fingerprint density at radius 2 is 1.80 bits per heavy atom. The molecule has 6 nitrogen and oxygen atoms in total. The van der Waals surface area contributed by atoms with Crippen LogP contribution in [0.2, 0.25) is 0 Å². The average Bonchev–Trinajstić information content (AvgIpc) is 2.97. The number of amides is 2. The number of hydrogen-bond acceptors (Lipinski definition) is 4. The van der Waals surface area contributed by atoms with E-state index in [9.17, 15) is 4.79 Å². The Kier molecular flexibility index (Phi) is 4.79. The summed E-state index contributed by atoms with van der Waals surface area (Å²) in [4.78, 5) is 12.0. The highest BCUT2D eigenvalue weighted by Crippen LogP contribution is 2.16. The largest absolute Gasteiger partial charge is 0.407 e. The van der Waals surface area contributed by atoms with Gasteiger partial charge in [0.05, 0.1) is 6.42 Å². The molecule has 6 heteroatoms. The van der Waals surface area contributed by atoms with E-state index >= 15 is 0 Å². The Morgan fingerprint density at radius 3 is 2.56 bits per heavy atom. The first-order valence-electron chi connectivity index (χ1n) is 8.03. The number of aromatic nitrogens is 2. The Labute approximate surface area is 146 Å². The van der Waals surface area contributed by atoms with E-state index in [-0.39, 0.29) is 6.01 Å². The Balaban J connectivity index is 1.62. The molecule has 2 N–H and O–H groups in total. The van der Waals surface area contributed by atoms with E-state index < -0.39 is 6.03 Å². The van der Waals surface area contributed by atoms with Gasteiger partial charge in [0.2, 0.25) is 5.89 Å². The molecule has 1 heterocycles. The van der Waals surface area contributed by atoms with E-state index in [4.69, 9.17) is 4.42 Å². The molecule has 0 saturated heterocycles. The predicted molar refractivity (Wildman–Crippen MR) is 96.8 cm³/mol. The minimum Gasteiger partial charge on any atom is -0.407 e. The van der Waals surface area contributed by atoms with Crippen LogP contribution in [0.15, 0.2) is 46.9 Å². The second-order valence-electron chi connectivity index (χ2n) is 6.06. The van der Waals surface area contributed by atoms with Gasteiger partial charge in [0.15, 0.2) is 0 Å². The fourth-order valence-corrected chi connectivity index (χ4v) is 2.56. The van der Waals surface area contributed by atoms with Crippen molar-refractivity contribution in [2.75, 3.05) is 10.6 Å². The molecule has 0 saturated carbocycles. The summed E-state index contributed by atoms with van der Waals surface area (Å²) in [6.07, 6.45) is 0.528. The van der Waals surface area contributed by atoms with Gasteiger partial charge < -0.3 is 9.73 Å². The number of carbonyl (C=O) groups excluding carboxylic acids is 1. The van der Waals surface area contributed by atoms with Gasteiger partial charge >= 0.3 is 12.0 Å². The van der Waals surface area contributed by atoms with Gasteiger partial charge in [-0.3, -0.25) is 5.32 Å². The molecule has 0 aliphatic rings. The zero-order chi connectivity index (χ0) is 17.8. The Bertz CT molecular complexity index is 902. The van der Waals surface area contributed by atoms with Gasteiger partial charge in [0.25, 0.3) is 0 Å². The number of aryl methyl sites for hydroxylation is 3. The molecular weight excluding hydrogens is 316 g/mol. The van der Waals surface area contributed by atoms with E-state index in [1.165, 1.54) is 11.1 Å². The molecule has 0 fully saturated rings. The number of nitrogens with zero attached hydrogens (tertiary/aromatic N) is 2. The lowest BCUT2D eigenvalue weighted by atomic mass is 10.0. The van der Waals surface area contributed by atoms with Gasteiger partial charge in [-0.05, 0) is 49.6 Å². The quantitative estimate of drug-likeness (QED) is 0.747. The zero-order valence-electron chi connectivity index (χ0n) is 14.5. The lowest BCUT2D eigenvalue weighted by Crippen LogP contribution is -2.19. The van der Waals surface area contributed by atoms with Crippen molar-refractivity contribution in [1.82, 2.24) is 10.2 Å². The minimum absolute atomic E-state index is 0.0740. The van der Waals surface area contributed by atoms with Crippen molar-refractivity contribution in [3.05, 3.63) is 70.6 Å². The van der Waals surface area contributed by atoms with Crippen molar-refractivity contribution in [3.8, 4) is 0 Å². The normalized spacial score (nSPS) is 10.5. The van der Waals surface area contributed by atoms with Crippen LogP contribution in [-0.4, -0.2) is 16.2 Å². The van der Waals surface area contributed by atoms with Crippen LogP contribution in [0.3, 0.4) is 0 Å². The number of carbonyl (C=O) groups is 1. The van der Waals surface area contributed by atoms with Gasteiger partial charge in [-0.1, -0.05) is 41.0 Å². The lowest BCUT2D eigenvalue weighted by molar-refractivity contribution is 0.261. The van der Waals surface area contributed by atoms with Crippen molar-refractivity contribution >= 4 is 17.7 Å². The number of anilines is 2. The highest BCUT2D eigenvalue weighted by atomic mass is 16.4. The first-order valence-corrected chi connectivity index (χ1v) is 8.03. The van der Waals surface area contributed by atoms with Crippen LogP contribution in [0.4, 0.5) is 16.5 Å². The van der Waals surface area contributed by atoms with Gasteiger partial charge in [-0.15, -0.1) is 5.10 Å². The van der Waals surface area contributed by atoms with Crippen LogP contribution in [-0.2, 0) is 6.42 Å². The average molecular weight is 336 g/mol. The Hall–Kier alpha value is -3.15. The summed E-state index contributed by atoms with van der Waals surface area (Å²) in [5, 5.41) is 13.1. The topological polar surface area (TPSA) is 80.0 Å². The van der Waals surface area contributed by atoms with E-state index in [1.807, 2.05) is 50.2 Å². The third-order valence-electron chi connectivity index (χ3n) is 3.80. The molecule has 1 aromatic heterocycles. The minimum atomic E-state index is -0.424. The molecule has 128 valence electrons. The van der Waals surface area contributed by atoms with Crippen molar-refractivity contribution in [2.24, 2.45) is 0 Å². The van der Waals surface area contributed by atoms with E-state index in [0.717, 1.165) is 11.1 Å². The fourth-order valence-electron chi connectivity index (χ4n) is 2.56. The SMILES string of the molecule is Cc1cccc(NC(=O)Nc2nnc(Cc3ccc(C)cc3C)o2)c1. The molecule has 2 aromatic carbocycles. The van der Waals surface area contributed by atoms with Gasteiger partial charge in [-0.25, -0.2) is 4.79 Å². The summed E-state index contributed by atoms with van der Waals surface area (Å²) in [5.74, 6) is 0.456. The third-order valence-corrected chi connectivity index (χ3v) is 3.80. The number of nitrogens with one attached hydrogen (secondary N) is 2. The highest BCUT2D eigenvalue weighted by Gasteiger charge is 2.11. The molecule has 2 amide bonds. The van der Waals surface area contributed by atoms with Crippen molar-refractivity contribution in [3.63, 3.8) is 0 Å². The molecular formula is C19H20N4O2. The molecule has 25 heavy (non-hydrogen) atoms. The molecule has 3 aromatic rings.